The van der Waals surface area contributed by atoms with Gasteiger partial charge in [0, 0.05) is 37.7 Å². The summed E-state index contributed by atoms with van der Waals surface area (Å²) in [5.41, 5.74) is 6.62. The molecule has 2 heterocycles. The minimum Gasteiger partial charge on any atom is -0.378 e. The van der Waals surface area contributed by atoms with E-state index in [1.807, 2.05) is 29.2 Å². The zero-order valence-corrected chi connectivity index (χ0v) is 14.4. The van der Waals surface area contributed by atoms with Crippen LogP contribution < -0.4 is 10.6 Å². The largest absolute Gasteiger partial charge is 0.378 e. The first-order valence-electron chi connectivity index (χ1n) is 8.01. The Morgan fingerprint density at radius 1 is 1.20 bits per heavy atom. The summed E-state index contributed by atoms with van der Waals surface area (Å²) in [6, 6.07) is 7.86. The standard InChI is InChI=1S/C16H19ClN6O2/c17-13-4-2-12(3-5-13)11-21-6-1-7-22(9-8-21)16-19-10-14(23(24)25)15(18)20-16/h2-5,10H,1,6-9,11H2,(H2,18,19,20). The lowest BCUT2D eigenvalue weighted by molar-refractivity contribution is -0.384. The van der Waals surface area contributed by atoms with E-state index >= 15 is 0 Å². The van der Waals surface area contributed by atoms with Crippen LogP contribution in [0.15, 0.2) is 30.5 Å². The lowest BCUT2D eigenvalue weighted by Gasteiger charge is -2.22. The molecule has 0 atom stereocenters. The monoisotopic (exact) mass is 362 g/mol. The van der Waals surface area contributed by atoms with Crippen LogP contribution >= 0.6 is 11.6 Å². The molecule has 0 saturated carbocycles. The van der Waals surface area contributed by atoms with Gasteiger partial charge in [0.1, 0.15) is 6.20 Å². The summed E-state index contributed by atoms with van der Waals surface area (Å²) in [5.74, 6) is 0.341. The van der Waals surface area contributed by atoms with Crippen molar-refractivity contribution in [3.05, 3.63) is 51.2 Å². The van der Waals surface area contributed by atoms with Gasteiger partial charge in [0.15, 0.2) is 0 Å². The van der Waals surface area contributed by atoms with Crippen molar-refractivity contribution in [2.45, 2.75) is 13.0 Å². The van der Waals surface area contributed by atoms with Gasteiger partial charge in [-0.2, -0.15) is 4.98 Å². The van der Waals surface area contributed by atoms with E-state index in [-0.39, 0.29) is 11.5 Å². The fourth-order valence-electron chi connectivity index (χ4n) is 2.85. The number of aromatic nitrogens is 2. The van der Waals surface area contributed by atoms with Crippen LogP contribution in [-0.4, -0.2) is 46.0 Å². The molecule has 3 rings (SSSR count). The number of nitrogens with two attached hydrogens (primary N) is 1. The van der Waals surface area contributed by atoms with Gasteiger partial charge in [-0.3, -0.25) is 15.0 Å². The molecule has 0 aliphatic carbocycles. The van der Waals surface area contributed by atoms with Crippen LogP contribution in [0.3, 0.4) is 0 Å². The molecule has 1 fully saturated rings. The fraction of sp³-hybridized carbons (Fsp3) is 0.375. The maximum atomic E-state index is 10.8. The molecule has 0 radical (unpaired) electrons. The first kappa shape index (κ1) is 17.4. The zero-order chi connectivity index (χ0) is 17.8. The maximum absolute atomic E-state index is 10.8. The number of halogens is 1. The van der Waals surface area contributed by atoms with E-state index < -0.39 is 4.92 Å². The van der Waals surface area contributed by atoms with Crippen molar-refractivity contribution in [3.63, 3.8) is 0 Å². The first-order valence-corrected chi connectivity index (χ1v) is 8.39. The molecule has 9 heteroatoms. The highest BCUT2D eigenvalue weighted by Gasteiger charge is 2.20. The average Bonchev–Trinajstić information content (AvgIpc) is 2.82. The van der Waals surface area contributed by atoms with E-state index in [0.29, 0.717) is 5.95 Å². The number of nitrogen functional groups attached to an aromatic ring is 1. The Morgan fingerprint density at radius 2 is 1.96 bits per heavy atom. The predicted octanol–water partition coefficient (Wildman–Crippen LogP) is 2.33. The average molecular weight is 363 g/mol. The number of nitro groups is 1. The van der Waals surface area contributed by atoms with Crippen molar-refractivity contribution in [1.82, 2.24) is 14.9 Å². The van der Waals surface area contributed by atoms with Gasteiger partial charge < -0.3 is 10.6 Å². The van der Waals surface area contributed by atoms with Crippen molar-refractivity contribution in [3.8, 4) is 0 Å². The minimum atomic E-state index is -0.574. The number of hydrogen-bond donors (Lipinski definition) is 1. The van der Waals surface area contributed by atoms with Crippen molar-refractivity contribution in [1.29, 1.82) is 0 Å². The van der Waals surface area contributed by atoms with Gasteiger partial charge in [-0.25, -0.2) is 4.98 Å². The highest BCUT2D eigenvalue weighted by molar-refractivity contribution is 6.30. The van der Waals surface area contributed by atoms with Gasteiger partial charge in [0.2, 0.25) is 11.8 Å². The fourth-order valence-corrected chi connectivity index (χ4v) is 2.97. The number of rotatable bonds is 4. The molecule has 0 bridgehead atoms. The lowest BCUT2D eigenvalue weighted by atomic mass is 10.2. The normalized spacial score (nSPS) is 15.8. The molecule has 132 valence electrons. The maximum Gasteiger partial charge on any atom is 0.329 e. The SMILES string of the molecule is Nc1nc(N2CCCN(Cc3ccc(Cl)cc3)CC2)ncc1[N+](=O)[O-]. The van der Waals surface area contributed by atoms with E-state index in [1.165, 1.54) is 11.8 Å². The van der Waals surface area contributed by atoms with Crippen LogP contribution in [0.4, 0.5) is 17.5 Å². The molecule has 0 unspecified atom stereocenters. The van der Waals surface area contributed by atoms with Crippen molar-refractivity contribution in [2.24, 2.45) is 0 Å². The highest BCUT2D eigenvalue weighted by Crippen LogP contribution is 2.21. The van der Waals surface area contributed by atoms with Gasteiger partial charge in [0.05, 0.1) is 4.92 Å². The van der Waals surface area contributed by atoms with Crippen molar-refractivity contribution >= 4 is 29.1 Å². The van der Waals surface area contributed by atoms with E-state index in [4.69, 9.17) is 17.3 Å². The summed E-state index contributed by atoms with van der Waals surface area (Å²) in [5, 5.41) is 11.6. The smallest absolute Gasteiger partial charge is 0.329 e. The zero-order valence-electron chi connectivity index (χ0n) is 13.6. The molecule has 0 spiro atoms. The van der Waals surface area contributed by atoms with E-state index in [2.05, 4.69) is 14.9 Å². The van der Waals surface area contributed by atoms with Gasteiger partial charge >= 0.3 is 5.69 Å². The lowest BCUT2D eigenvalue weighted by Crippen LogP contribution is -2.31. The molecule has 0 amide bonds. The van der Waals surface area contributed by atoms with Crippen molar-refractivity contribution < 1.29 is 4.92 Å². The Bertz CT molecular complexity index is 755. The summed E-state index contributed by atoms with van der Waals surface area (Å²) in [4.78, 5) is 22.8. The molecular weight excluding hydrogens is 344 g/mol. The summed E-state index contributed by atoms with van der Waals surface area (Å²) in [6.07, 6.45) is 2.13. The predicted molar refractivity (Wildman–Crippen MR) is 96.7 cm³/mol. The Hall–Kier alpha value is -2.45. The Morgan fingerprint density at radius 3 is 2.64 bits per heavy atom. The molecule has 1 aromatic heterocycles. The molecule has 1 aliphatic rings. The van der Waals surface area contributed by atoms with Crippen LogP contribution in [0.1, 0.15) is 12.0 Å². The molecule has 25 heavy (non-hydrogen) atoms. The summed E-state index contributed by atoms with van der Waals surface area (Å²) in [7, 11) is 0. The Kier molecular flexibility index (Phi) is 5.30. The molecule has 8 nitrogen and oxygen atoms in total. The molecule has 1 saturated heterocycles. The second kappa shape index (κ2) is 7.62. The van der Waals surface area contributed by atoms with Gasteiger partial charge in [-0.05, 0) is 24.1 Å². The van der Waals surface area contributed by atoms with Crippen molar-refractivity contribution in [2.75, 3.05) is 36.8 Å². The quantitative estimate of drug-likeness (QED) is 0.657. The molecule has 2 N–H and O–H groups in total. The van der Waals surface area contributed by atoms with E-state index in [9.17, 15) is 10.1 Å². The van der Waals surface area contributed by atoms with Crippen LogP contribution in [-0.2, 0) is 6.54 Å². The Balaban J connectivity index is 1.64. The second-order valence-electron chi connectivity index (χ2n) is 5.94. The summed E-state index contributed by atoms with van der Waals surface area (Å²) in [6.45, 7) is 4.19. The highest BCUT2D eigenvalue weighted by atomic mass is 35.5. The van der Waals surface area contributed by atoms with Gasteiger partial charge in [-0.15, -0.1) is 0 Å². The summed E-state index contributed by atoms with van der Waals surface area (Å²) >= 11 is 5.92. The van der Waals surface area contributed by atoms with Crippen LogP contribution in [0.25, 0.3) is 0 Å². The number of benzene rings is 1. The van der Waals surface area contributed by atoms with Gasteiger partial charge in [-0.1, -0.05) is 23.7 Å². The minimum absolute atomic E-state index is 0.0998. The second-order valence-corrected chi connectivity index (χ2v) is 6.38. The molecule has 1 aromatic carbocycles. The van der Waals surface area contributed by atoms with Gasteiger partial charge in [0.25, 0.3) is 0 Å². The number of anilines is 2. The van der Waals surface area contributed by atoms with Crippen LogP contribution in [0.2, 0.25) is 5.02 Å². The van der Waals surface area contributed by atoms with E-state index in [1.54, 1.807) is 0 Å². The van der Waals surface area contributed by atoms with Crippen LogP contribution in [0, 0.1) is 10.1 Å². The number of hydrogen-bond acceptors (Lipinski definition) is 7. The van der Waals surface area contributed by atoms with Crippen LogP contribution in [0.5, 0.6) is 0 Å². The topological polar surface area (TPSA) is 101 Å². The molecule has 1 aliphatic heterocycles. The van der Waals surface area contributed by atoms with E-state index in [0.717, 1.165) is 44.2 Å². The third-order valence-corrected chi connectivity index (χ3v) is 4.42. The number of nitrogens with zero attached hydrogens (tertiary/aromatic N) is 5. The molecular formula is C16H19ClN6O2. The molecule has 2 aromatic rings. The Labute approximate surface area is 150 Å². The first-order chi connectivity index (χ1) is 12.0. The third kappa shape index (κ3) is 4.34. The summed E-state index contributed by atoms with van der Waals surface area (Å²) < 4.78 is 0. The third-order valence-electron chi connectivity index (χ3n) is 4.17.